The van der Waals surface area contributed by atoms with Crippen LogP contribution in [0.4, 0.5) is 0 Å². The van der Waals surface area contributed by atoms with Crippen molar-refractivity contribution in [3.63, 3.8) is 0 Å². The van der Waals surface area contributed by atoms with Gasteiger partial charge in [0.05, 0.1) is 31.8 Å². The van der Waals surface area contributed by atoms with Crippen LogP contribution in [0.25, 0.3) is 0 Å². The van der Waals surface area contributed by atoms with Crippen LogP contribution >= 0.6 is 15.9 Å². The quantitative estimate of drug-likeness (QED) is 0.807. The summed E-state index contributed by atoms with van der Waals surface area (Å²) in [7, 11) is 0. The Hall–Kier alpha value is -1.20. The number of hydrogen-bond acceptors (Lipinski definition) is 3. The first-order chi connectivity index (χ1) is 10.2. The SMILES string of the molecule is OCC(CO)(COCc1ccccc1)c1ccccc1Br. The fourth-order valence-corrected chi connectivity index (χ4v) is 2.92. The number of benzene rings is 2. The first-order valence-electron chi connectivity index (χ1n) is 6.80. The van der Waals surface area contributed by atoms with Crippen molar-refractivity contribution in [3.05, 3.63) is 70.2 Å². The standard InChI is InChI=1S/C17H19BrO3/c18-16-9-5-4-8-15(16)17(11-19,12-20)13-21-10-14-6-2-1-3-7-14/h1-9,19-20H,10-13H2. The molecule has 2 aromatic rings. The average molecular weight is 351 g/mol. The first-order valence-corrected chi connectivity index (χ1v) is 7.59. The Morgan fingerprint density at radius 2 is 1.52 bits per heavy atom. The molecule has 21 heavy (non-hydrogen) atoms. The van der Waals surface area contributed by atoms with Gasteiger partial charge in [0.1, 0.15) is 0 Å². The summed E-state index contributed by atoms with van der Waals surface area (Å²) in [5.41, 5.74) is 1.10. The van der Waals surface area contributed by atoms with Crippen molar-refractivity contribution in [2.45, 2.75) is 12.0 Å². The van der Waals surface area contributed by atoms with Crippen molar-refractivity contribution < 1.29 is 14.9 Å². The molecule has 0 radical (unpaired) electrons. The molecule has 0 bridgehead atoms. The number of ether oxygens (including phenoxy) is 1. The maximum atomic E-state index is 9.79. The van der Waals surface area contributed by atoms with E-state index in [0.29, 0.717) is 6.61 Å². The van der Waals surface area contributed by atoms with Crippen LogP contribution in [0.5, 0.6) is 0 Å². The molecular weight excluding hydrogens is 332 g/mol. The topological polar surface area (TPSA) is 49.7 Å². The zero-order valence-corrected chi connectivity index (χ0v) is 13.3. The van der Waals surface area contributed by atoms with Crippen LogP contribution in [0, 0.1) is 0 Å². The Morgan fingerprint density at radius 3 is 2.14 bits per heavy atom. The van der Waals surface area contributed by atoms with E-state index in [4.69, 9.17) is 4.74 Å². The maximum Gasteiger partial charge on any atom is 0.0717 e. The van der Waals surface area contributed by atoms with E-state index in [1.165, 1.54) is 0 Å². The molecule has 0 saturated carbocycles. The molecule has 0 aliphatic heterocycles. The van der Waals surface area contributed by atoms with Crippen molar-refractivity contribution in [3.8, 4) is 0 Å². The van der Waals surface area contributed by atoms with Crippen LogP contribution in [0.15, 0.2) is 59.1 Å². The average Bonchev–Trinajstić information content (AvgIpc) is 2.54. The van der Waals surface area contributed by atoms with Gasteiger partial charge in [0.25, 0.3) is 0 Å². The summed E-state index contributed by atoms with van der Waals surface area (Å²) < 4.78 is 6.59. The van der Waals surface area contributed by atoms with Gasteiger partial charge in [0, 0.05) is 4.47 Å². The number of hydrogen-bond donors (Lipinski definition) is 2. The Morgan fingerprint density at radius 1 is 0.905 bits per heavy atom. The molecule has 0 amide bonds. The molecule has 0 heterocycles. The highest BCUT2D eigenvalue weighted by molar-refractivity contribution is 9.10. The van der Waals surface area contributed by atoms with E-state index < -0.39 is 5.41 Å². The number of rotatable bonds is 7. The molecule has 0 spiro atoms. The fraction of sp³-hybridized carbons (Fsp3) is 0.294. The van der Waals surface area contributed by atoms with Crippen molar-refractivity contribution in [1.82, 2.24) is 0 Å². The first kappa shape index (κ1) is 16.2. The summed E-state index contributed by atoms with van der Waals surface area (Å²) in [6.45, 7) is 0.340. The summed E-state index contributed by atoms with van der Waals surface area (Å²) in [5, 5.41) is 19.6. The molecule has 0 aliphatic rings. The van der Waals surface area contributed by atoms with Gasteiger partial charge in [-0.1, -0.05) is 64.5 Å². The zero-order valence-electron chi connectivity index (χ0n) is 11.7. The second kappa shape index (κ2) is 7.71. The molecule has 112 valence electrons. The van der Waals surface area contributed by atoms with Gasteiger partial charge < -0.3 is 14.9 Å². The van der Waals surface area contributed by atoms with Gasteiger partial charge in [-0.3, -0.25) is 0 Å². The minimum Gasteiger partial charge on any atom is -0.395 e. The van der Waals surface area contributed by atoms with Gasteiger partial charge in [-0.2, -0.15) is 0 Å². The van der Waals surface area contributed by atoms with Crippen molar-refractivity contribution in [2.75, 3.05) is 19.8 Å². The lowest BCUT2D eigenvalue weighted by Gasteiger charge is -2.31. The number of halogens is 1. The van der Waals surface area contributed by atoms with Crippen LogP contribution < -0.4 is 0 Å². The summed E-state index contributed by atoms with van der Waals surface area (Å²) in [6.07, 6.45) is 0. The van der Waals surface area contributed by atoms with Crippen molar-refractivity contribution in [1.29, 1.82) is 0 Å². The predicted molar refractivity (Wildman–Crippen MR) is 86.1 cm³/mol. The molecule has 0 fully saturated rings. The van der Waals surface area contributed by atoms with Gasteiger partial charge in [-0.15, -0.1) is 0 Å². The van der Waals surface area contributed by atoms with Crippen LogP contribution in [0.1, 0.15) is 11.1 Å². The highest BCUT2D eigenvalue weighted by Gasteiger charge is 2.33. The van der Waals surface area contributed by atoms with Gasteiger partial charge >= 0.3 is 0 Å². The lowest BCUT2D eigenvalue weighted by molar-refractivity contribution is 0.0127. The number of aliphatic hydroxyl groups is 2. The summed E-state index contributed by atoms with van der Waals surface area (Å²) in [5.74, 6) is 0. The second-order valence-corrected chi connectivity index (χ2v) is 5.91. The Bertz CT molecular complexity index is 553. The normalized spacial score (nSPS) is 11.6. The summed E-state index contributed by atoms with van der Waals surface area (Å²) >= 11 is 3.47. The Kier molecular flexibility index (Phi) is 5.94. The van der Waals surface area contributed by atoms with Crippen LogP contribution in [0.3, 0.4) is 0 Å². The van der Waals surface area contributed by atoms with E-state index in [2.05, 4.69) is 15.9 Å². The molecule has 3 nitrogen and oxygen atoms in total. The van der Waals surface area contributed by atoms with E-state index >= 15 is 0 Å². The Balaban J connectivity index is 2.10. The second-order valence-electron chi connectivity index (χ2n) is 5.05. The lowest BCUT2D eigenvalue weighted by atomic mass is 9.83. The van der Waals surface area contributed by atoms with Gasteiger partial charge in [0.15, 0.2) is 0 Å². The summed E-state index contributed by atoms with van der Waals surface area (Å²) in [4.78, 5) is 0. The smallest absolute Gasteiger partial charge is 0.0717 e. The highest BCUT2D eigenvalue weighted by atomic mass is 79.9. The Labute approximate surface area is 133 Å². The molecule has 2 rings (SSSR count). The lowest BCUT2D eigenvalue weighted by Crippen LogP contribution is -2.40. The third-order valence-corrected chi connectivity index (χ3v) is 4.23. The molecule has 2 N–H and O–H groups in total. The van der Waals surface area contributed by atoms with E-state index in [1.54, 1.807) is 0 Å². The molecule has 0 aliphatic carbocycles. The van der Waals surface area contributed by atoms with Crippen molar-refractivity contribution in [2.24, 2.45) is 0 Å². The molecule has 0 atom stereocenters. The molecule has 2 aromatic carbocycles. The molecule has 0 aromatic heterocycles. The van der Waals surface area contributed by atoms with Crippen LogP contribution in [0.2, 0.25) is 0 Å². The van der Waals surface area contributed by atoms with Gasteiger partial charge in [0.2, 0.25) is 0 Å². The largest absolute Gasteiger partial charge is 0.395 e. The summed E-state index contributed by atoms with van der Waals surface area (Å²) in [6, 6.07) is 17.4. The fourth-order valence-electron chi connectivity index (χ4n) is 2.22. The third kappa shape index (κ3) is 3.92. The number of aliphatic hydroxyl groups excluding tert-OH is 2. The third-order valence-electron chi connectivity index (χ3n) is 3.54. The molecule has 4 heteroatoms. The molecule has 0 saturated heterocycles. The van der Waals surface area contributed by atoms with Gasteiger partial charge in [-0.25, -0.2) is 0 Å². The minimum atomic E-state index is -0.811. The monoisotopic (exact) mass is 350 g/mol. The zero-order chi connectivity index (χ0) is 15.1. The van der Waals surface area contributed by atoms with Crippen LogP contribution in [-0.4, -0.2) is 30.0 Å². The minimum absolute atomic E-state index is 0.180. The van der Waals surface area contributed by atoms with Gasteiger partial charge in [-0.05, 0) is 17.2 Å². The van der Waals surface area contributed by atoms with E-state index in [1.807, 2.05) is 54.6 Å². The molecule has 0 unspecified atom stereocenters. The van der Waals surface area contributed by atoms with E-state index in [-0.39, 0.29) is 19.8 Å². The highest BCUT2D eigenvalue weighted by Crippen LogP contribution is 2.30. The van der Waals surface area contributed by atoms with E-state index in [9.17, 15) is 10.2 Å². The predicted octanol–water partition coefficient (Wildman–Crippen LogP) is 2.89. The molecular formula is C17H19BrO3. The van der Waals surface area contributed by atoms with Crippen LogP contribution in [-0.2, 0) is 16.8 Å². The van der Waals surface area contributed by atoms with E-state index in [0.717, 1.165) is 15.6 Å². The maximum absolute atomic E-state index is 9.79. The van der Waals surface area contributed by atoms with Crippen molar-refractivity contribution >= 4 is 15.9 Å².